The zero-order chi connectivity index (χ0) is 15.6. The van der Waals surface area contributed by atoms with Gasteiger partial charge in [0.05, 0.1) is 10.6 Å². The minimum Gasteiger partial charge on any atom is -0.455 e. The highest BCUT2D eigenvalue weighted by atomic mass is 32.2. The van der Waals surface area contributed by atoms with Gasteiger partial charge in [-0.15, -0.1) is 0 Å². The maximum Gasteiger partial charge on any atom is 0.175 e. The van der Waals surface area contributed by atoms with Crippen molar-refractivity contribution in [3.8, 4) is 11.5 Å². The van der Waals surface area contributed by atoms with Crippen LogP contribution in [-0.2, 0) is 9.84 Å². The topological polar surface area (TPSA) is 69.4 Å². The van der Waals surface area contributed by atoms with Gasteiger partial charge in [0.15, 0.2) is 9.84 Å². The first kappa shape index (κ1) is 15.4. The van der Waals surface area contributed by atoms with Crippen LogP contribution in [0.2, 0.25) is 0 Å². The summed E-state index contributed by atoms with van der Waals surface area (Å²) < 4.78 is 28.6. The quantitative estimate of drug-likeness (QED) is 0.876. The second-order valence-corrected chi connectivity index (χ2v) is 7.31. The van der Waals surface area contributed by atoms with Crippen LogP contribution < -0.4 is 10.5 Å². The molecular weight excluding hydrogens is 286 g/mol. The predicted molar refractivity (Wildman–Crippen MR) is 84.6 cm³/mol. The minimum absolute atomic E-state index is 0.183. The molecule has 0 saturated carbocycles. The summed E-state index contributed by atoms with van der Waals surface area (Å²) >= 11 is 0. The van der Waals surface area contributed by atoms with E-state index in [2.05, 4.69) is 13.8 Å². The normalized spacial score (nSPS) is 11.6. The summed E-state index contributed by atoms with van der Waals surface area (Å²) in [6.07, 6.45) is 1.15. The largest absolute Gasteiger partial charge is 0.455 e. The third-order valence-electron chi connectivity index (χ3n) is 3.18. The van der Waals surface area contributed by atoms with E-state index in [9.17, 15) is 8.42 Å². The fourth-order valence-corrected chi connectivity index (χ4v) is 2.55. The van der Waals surface area contributed by atoms with Gasteiger partial charge in [0.1, 0.15) is 11.5 Å². The highest BCUT2D eigenvalue weighted by Gasteiger charge is 2.10. The van der Waals surface area contributed by atoms with Crippen molar-refractivity contribution in [1.82, 2.24) is 0 Å². The number of hydrogen-bond acceptors (Lipinski definition) is 4. The van der Waals surface area contributed by atoms with Crippen molar-refractivity contribution < 1.29 is 13.2 Å². The van der Waals surface area contributed by atoms with Gasteiger partial charge in [0, 0.05) is 6.26 Å². The number of rotatable bonds is 4. The van der Waals surface area contributed by atoms with Crippen molar-refractivity contribution >= 4 is 15.5 Å². The Hall–Kier alpha value is -2.01. The summed E-state index contributed by atoms with van der Waals surface area (Å²) in [7, 11) is -3.27. The first-order valence-corrected chi connectivity index (χ1v) is 8.54. The molecule has 0 bridgehead atoms. The number of sulfone groups is 1. The first-order chi connectivity index (χ1) is 9.77. The molecule has 5 heteroatoms. The molecule has 0 aliphatic heterocycles. The van der Waals surface area contributed by atoms with Crippen LogP contribution in [0.3, 0.4) is 0 Å². The molecule has 112 valence electrons. The Labute approximate surface area is 125 Å². The van der Waals surface area contributed by atoms with Gasteiger partial charge in [-0.2, -0.15) is 0 Å². The van der Waals surface area contributed by atoms with Crippen LogP contribution in [0.4, 0.5) is 5.69 Å². The third kappa shape index (κ3) is 3.76. The van der Waals surface area contributed by atoms with E-state index in [1.807, 2.05) is 24.3 Å². The van der Waals surface area contributed by atoms with Crippen molar-refractivity contribution in [3.05, 3.63) is 48.0 Å². The lowest BCUT2D eigenvalue weighted by Crippen LogP contribution is -2.00. The van der Waals surface area contributed by atoms with E-state index in [1.165, 1.54) is 17.7 Å². The number of benzene rings is 2. The fourth-order valence-electron chi connectivity index (χ4n) is 1.90. The van der Waals surface area contributed by atoms with Gasteiger partial charge in [-0.3, -0.25) is 0 Å². The Bertz CT molecular complexity index is 735. The molecule has 0 unspecified atom stereocenters. The van der Waals surface area contributed by atoms with Crippen LogP contribution in [0.15, 0.2) is 47.4 Å². The molecule has 2 N–H and O–H groups in total. The Balaban J connectivity index is 2.24. The summed E-state index contributed by atoms with van der Waals surface area (Å²) in [5.74, 6) is 1.57. The van der Waals surface area contributed by atoms with Gasteiger partial charge >= 0.3 is 0 Å². The predicted octanol–water partition coefficient (Wildman–Crippen LogP) is 3.59. The molecule has 0 aliphatic carbocycles. The van der Waals surface area contributed by atoms with Crippen LogP contribution in [0.25, 0.3) is 0 Å². The van der Waals surface area contributed by atoms with Crippen LogP contribution >= 0.6 is 0 Å². The standard InChI is InChI=1S/C16H19NO3S/c1-11(2)12-4-6-13(7-5-12)20-16-9-8-14(10-15(16)17)21(3,18)19/h4-11H,17H2,1-3H3. The molecule has 2 rings (SSSR count). The number of nitrogen functional groups attached to an aromatic ring is 1. The third-order valence-corrected chi connectivity index (χ3v) is 4.29. The molecule has 0 radical (unpaired) electrons. The number of nitrogens with two attached hydrogens (primary N) is 1. The van der Waals surface area contributed by atoms with Crippen LogP contribution in [0, 0.1) is 0 Å². The SMILES string of the molecule is CC(C)c1ccc(Oc2ccc(S(C)(=O)=O)cc2N)cc1. The second kappa shape index (κ2) is 5.77. The average Bonchev–Trinajstić information content (AvgIpc) is 2.40. The lowest BCUT2D eigenvalue weighted by Gasteiger charge is -2.11. The number of ether oxygens (including phenoxy) is 1. The van der Waals surface area contributed by atoms with E-state index >= 15 is 0 Å². The van der Waals surface area contributed by atoms with Crippen molar-refractivity contribution in [2.24, 2.45) is 0 Å². The van der Waals surface area contributed by atoms with Crippen molar-refractivity contribution in [2.75, 3.05) is 12.0 Å². The Morgan fingerprint density at radius 3 is 2.14 bits per heavy atom. The molecule has 0 amide bonds. The van der Waals surface area contributed by atoms with Gasteiger partial charge in [0.2, 0.25) is 0 Å². The maximum atomic E-state index is 11.5. The van der Waals surface area contributed by atoms with E-state index in [0.29, 0.717) is 23.1 Å². The second-order valence-electron chi connectivity index (χ2n) is 5.30. The zero-order valence-corrected chi connectivity index (χ0v) is 13.1. The molecule has 0 aliphatic rings. The molecular formula is C16H19NO3S. The fraction of sp³-hybridized carbons (Fsp3) is 0.250. The Morgan fingerprint density at radius 2 is 1.67 bits per heavy atom. The van der Waals surface area contributed by atoms with E-state index in [1.54, 1.807) is 6.07 Å². The molecule has 0 spiro atoms. The monoisotopic (exact) mass is 305 g/mol. The smallest absolute Gasteiger partial charge is 0.175 e. The molecule has 0 atom stereocenters. The molecule has 21 heavy (non-hydrogen) atoms. The summed E-state index contributed by atoms with van der Waals surface area (Å²) in [6.45, 7) is 4.25. The molecule has 0 saturated heterocycles. The van der Waals surface area contributed by atoms with E-state index in [4.69, 9.17) is 10.5 Å². The molecule has 0 aromatic heterocycles. The van der Waals surface area contributed by atoms with Gasteiger partial charge in [-0.05, 0) is 41.8 Å². The molecule has 0 fully saturated rings. The molecule has 4 nitrogen and oxygen atoms in total. The van der Waals surface area contributed by atoms with Gasteiger partial charge < -0.3 is 10.5 Å². The molecule has 0 heterocycles. The van der Waals surface area contributed by atoms with E-state index in [-0.39, 0.29) is 4.90 Å². The molecule has 2 aromatic rings. The van der Waals surface area contributed by atoms with Crippen LogP contribution in [0.1, 0.15) is 25.3 Å². The maximum absolute atomic E-state index is 11.5. The van der Waals surface area contributed by atoms with Gasteiger partial charge in [-0.1, -0.05) is 26.0 Å². The summed E-state index contributed by atoms with van der Waals surface area (Å²) in [5, 5.41) is 0. The van der Waals surface area contributed by atoms with Gasteiger partial charge in [0.25, 0.3) is 0 Å². The zero-order valence-electron chi connectivity index (χ0n) is 12.3. The van der Waals surface area contributed by atoms with Crippen LogP contribution in [0.5, 0.6) is 11.5 Å². The highest BCUT2D eigenvalue weighted by Crippen LogP contribution is 2.30. The van der Waals surface area contributed by atoms with E-state index in [0.717, 1.165) is 6.26 Å². The Morgan fingerprint density at radius 1 is 1.05 bits per heavy atom. The Kier molecular flexibility index (Phi) is 4.23. The van der Waals surface area contributed by atoms with Gasteiger partial charge in [-0.25, -0.2) is 8.42 Å². The number of hydrogen-bond donors (Lipinski definition) is 1. The lowest BCUT2D eigenvalue weighted by molar-refractivity contribution is 0.484. The minimum atomic E-state index is -3.27. The highest BCUT2D eigenvalue weighted by molar-refractivity contribution is 7.90. The lowest BCUT2D eigenvalue weighted by atomic mass is 10.0. The number of anilines is 1. The summed E-state index contributed by atoms with van der Waals surface area (Å²) in [5.41, 5.74) is 7.38. The summed E-state index contributed by atoms with van der Waals surface area (Å²) in [4.78, 5) is 0.183. The van der Waals surface area contributed by atoms with Crippen molar-refractivity contribution in [2.45, 2.75) is 24.7 Å². The van der Waals surface area contributed by atoms with E-state index < -0.39 is 9.84 Å². The van der Waals surface area contributed by atoms with Crippen molar-refractivity contribution in [1.29, 1.82) is 0 Å². The van der Waals surface area contributed by atoms with Crippen LogP contribution in [-0.4, -0.2) is 14.7 Å². The first-order valence-electron chi connectivity index (χ1n) is 6.65. The molecule has 2 aromatic carbocycles. The summed E-state index contributed by atoms with van der Waals surface area (Å²) in [6, 6.07) is 12.2. The average molecular weight is 305 g/mol. The van der Waals surface area contributed by atoms with Crippen molar-refractivity contribution in [3.63, 3.8) is 0 Å².